The highest BCUT2D eigenvalue weighted by molar-refractivity contribution is 7.86. The molecule has 2 fully saturated rings. The lowest BCUT2D eigenvalue weighted by atomic mass is 9.85. The summed E-state index contributed by atoms with van der Waals surface area (Å²) < 4.78 is 11.9. The molecule has 0 radical (unpaired) electrons. The molecule has 0 bridgehead atoms. The van der Waals surface area contributed by atoms with Gasteiger partial charge in [-0.05, 0) is 32.6 Å². The van der Waals surface area contributed by atoms with Crippen molar-refractivity contribution >= 4 is 16.7 Å². The Morgan fingerprint density at radius 3 is 2.06 bits per heavy atom. The van der Waals surface area contributed by atoms with Gasteiger partial charge in [0.25, 0.3) is 0 Å². The maximum absolute atomic E-state index is 12.5. The van der Waals surface area contributed by atoms with E-state index in [9.17, 15) is 9.00 Å². The second-order valence-corrected chi connectivity index (χ2v) is 8.42. The molecule has 1 saturated heterocycles. The Kier molecular flexibility index (Phi) is 3.36. The molecule has 1 aliphatic carbocycles. The molecule has 98 valence electrons. The van der Waals surface area contributed by atoms with Gasteiger partial charge in [0.1, 0.15) is 0 Å². The van der Waals surface area contributed by atoms with Gasteiger partial charge in [0.15, 0.2) is 0 Å². The van der Waals surface area contributed by atoms with Crippen molar-refractivity contribution in [1.82, 2.24) is 4.90 Å². The van der Waals surface area contributed by atoms with E-state index in [0.29, 0.717) is 19.0 Å². The summed E-state index contributed by atoms with van der Waals surface area (Å²) in [5, 5.41) is 0.218. The summed E-state index contributed by atoms with van der Waals surface area (Å²) in [7, 11) is -0.783. The Bertz CT molecular complexity index is 335. The van der Waals surface area contributed by atoms with Gasteiger partial charge in [-0.15, -0.1) is 0 Å². The van der Waals surface area contributed by atoms with Gasteiger partial charge < -0.3 is 4.90 Å². The largest absolute Gasteiger partial charge is 0.340 e. The molecule has 1 saturated carbocycles. The molecule has 1 heterocycles. The lowest BCUT2D eigenvalue weighted by molar-refractivity contribution is -0.141. The molecule has 17 heavy (non-hydrogen) atoms. The smallest absolute Gasteiger partial charge is 0.228 e. The normalized spacial score (nSPS) is 34.8. The van der Waals surface area contributed by atoms with Gasteiger partial charge in [0.2, 0.25) is 5.91 Å². The number of hydrogen-bond donors (Lipinski definition) is 0. The molecule has 2 atom stereocenters. The highest BCUT2D eigenvalue weighted by Crippen LogP contribution is 2.46. The van der Waals surface area contributed by atoms with Crippen molar-refractivity contribution in [2.75, 3.05) is 13.1 Å². The van der Waals surface area contributed by atoms with E-state index < -0.39 is 10.8 Å². The number of nitrogens with zero attached hydrogens (tertiary/aromatic N) is 1. The molecular formula is C13H23NO2S. The van der Waals surface area contributed by atoms with Crippen molar-refractivity contribution in [3.05, 3.63) is 0 Å². The molecule has 1 aliphatic heterocycles. The standard InChI is InChI=1S/C13H23NO2S/c1-9-7-14(8-10(2)17(9)16)12(15)13(3,4)11-5-6-11/h9-11H,5-8H2,1-4H3. The Labute approximate surface area is 106 Å². The number of carbonyl (C=O) groups is 1. The Morgan fingerprint density at radius 1 is 1.18 bits per heavy atom. The molecule has 0 aromatic carbocycles. The second-order valence-electron chi connectivity index (χ2n) is 6.16. The first-order chi connectivity index (χ1) is 7.84. The molecule has 2 unspecified atom stereocenters. The van der Waals surface area contributed by atoms with Crippen molar-refractivity contribution in [2.24, 2.45) is 11.3 Å². The minimum Gasteiger partial charge on any atom is -0.340 e. The topological polar surface area (TPSA) is 37.4 Å². The minimum absolute atomic E-state index is 0.109. The third kappa shape index (κ3) is 2.42. The van der Waals surface area contributed by atoms with E-state index >= 15 is 0 Å². The summed E-state index contributed by atoms with van der Waals surface area (Å²) >= 11 is 0. The van der Waals surface area contributed by atoms with Crippen LogP contribution in [0.15, 0.2) is 0 Å². The van der Waals surface area contributed by atoms with E-state index in [1.54, 1.807) is 0 Å². The van der Waals surface area contributed by atoms with Gasteiger partial charge in [-0.3, -0.25) is 9.00 Å². The molecule has 1 amide bonds. The summed E-state index contributed by atoms with van der Waals surface area (Å²) in [6.45, 7) is 9.41. The average molecular weight is 257 g/mol. The van der Waals surface area contributed by atoms with E-state index in [2.05, 4.69) is 13.8 Å². The summed E-state index contributed by atoms with van der Waals surface area (Å²) in [6.07, 6.45) is 2.37. The van der Waals surface area contributed by atoms with Crippen molar-refractivity contribution in [3.63, 3.8) is 0 Å². The van der Waals surface area contributed by atoms with Crippen LogP contribution in [0.2, 0.25) is 0 Å². The Balaban J connectivity index is 2.07. The maximum atomic E-state index is 12.5. The van der Waals surface area contributed by atoms with E-state index in [1.807, 2.05) is 18.7 Å². The maximum Gasteiger partial charge on any atom is 0.228 e. The molecule has 2 aliphatic rings. The fourth-order valence-electron chi connectivity index (χ4n) is 2.79. The predicted octanol–water partition coefficient (Wildman–Crippen LogP) is 1.79. The molecular weight excluding hydrogens is 234 g/mol. The first-order valence-electron chi connectivity index (χ1n) is 6.52. The molecule has 0 aromatic heterocycles. The predicted molar refractivity (Wildman–Crippen MR) is 70.2 cm³/mol. The van der Waals surface area contributed by atoms with Crippen molar-refractivity contribution in [3.8, 4) is 0 Å². The zero-order chi connectivity index (χ0) is 12.8. The number of carbonyl (C=O) groups excluding carboxylic acids is 1. The van der Waals surface area contributed by atoms with Gasteiger partial charge >= 0.3 is 0 Å². The van der Waals surface area contributed by atoms with Gasteiger partial charge in [-0.25, -0.2) is 0 Å². The van der Waals surface area contributed by atoms with Crippen LogP contribution >= 0.6 is 0 Å². The molecule has 0 spiro atoms. The quantitative estimate of drug-likeness (QED) is 0.756. The highest BCUT2D eigenvalue weighted by Gasteiger charge is 2.46. The third-order valence-corrected chi connectivity index (χ3v) is 6.07. The van der Waals surface area contributed by atoms with Crippen LogP contribution in [-0.2, 0) is 15.6 Å². The summed E-state index contributed by atoms with van der Waals surface area (Å²) in [4.78, 5) is 14.5. The molecule has 3 nitrogen and oxygen atoms in total. The molecule has 2 rings (SSSR count). The zero-order valence-electron chi connectivity index (χ0n) is 11.2. The van der Waals surface area contributed by atoms with E-state index in [1.165, 1.54) is 12.8 Å². The Morgan fingerprint density at radius 2 is 1.65 bits per heavy atom. The number of amides is 1. The highest BCUT2D eigenvalue weighted by atomic mass is 32.2. The van der Waals surface area contributed by atoms with Crippen molar-refractivity contribution in [2.45, 2.75) is 51.0 Å². The lowest BCUT2D eigenvalue weighted by Gasteiger charge is -2.39. The summed E-state index contributed by atoms with van der Waals surface area (Å²) in [5.41, 5.74) is -0.224. The van der Waals surface area contributed by atoms with Crippen LogP contribution in [0, 0.1) is 11.3 Å². The van der Waals surface area contributed by atoms with Crippen molar-refractivity contribution in [1.29, 1.82) is 0 Å². The van der Waals surface area contributed by atoms with E-state index in [4.69, 9.17) is 0 Å². The Hall–Kier alpha value is -0.380. The van der Waals surface area contributed by atoms with Crippen LogP contribution in [0.25, 0.3) is 0 Å². The SMILES string of the molecule is CC1CN(C(=O)C(C)(C)C2CC2)CC(C)S1=O. The average Bonchev–Trinajstić information content (AvgIpc) is 3.07. The van der Waals surface area contributed by atoms with Gasteiger partial charge in [0.05, 0.1) is 0 Å². The summed E-state index contributed by atoms with van der Waals surface area (Å²) in [6, 6.07) is 0. The minimum atomic E-state index is -0.783. The second kappa shape index (κ2) is 4.38. The lowest BCUT2D eigenvalue weighted by Crippen LogP contribution is -2.53. The molecule has 0 aromatic rings. The van der Waals surface area contributed by atoms with Crippen LogP contribution in [0.4, 0.5) is 0 Å². The first kappa shape index (κ1) is 13.1. The zero-order valence-corrected chi connectivity index (χ0v) is 12.0. The monoisotopic (exact) mass is 257 g/mol. The van der Waals surface area contributed by atoms with Crippen LogP contribution in [0.3, 0.4) is 0 Å². The fourth-order valence-corrected chi connectivity index (χ4v) is 4.24. The molecule has 4 heteroatoms. The summed E-state index contributed by atoms with van der Waals surface area (Å²) in [5.74, 6) is 0.823. The van der Waals surface area contributed by atoms with Gasteiger partial charge in [-0.1, -0.05) is 13.8 Å². The van der Waals surface area contributed by atoms with Crippen LogP contribution in [0.5, 0.6) is 0 Å². The van der Waals surface area contributed by atoms with Gasteiger partial charge in [-0.2, -0.15) is 0 Å². The first-order valence-corrected chi connectivity index (χ1v) is 7.80. The number of rotatable bonds is 2. The number of hydrogen-bond acceptors (Lipinski definition) is 2. The van der Waals surface area contributed by atoms with Crippen molar-refractivity contribution < 1.29 is 9.00 Å². The van der Waals surface area contributed by atoms with E-state index in [0.717, 1.165) is 0 Å². The van der Waals surface area contributed by atoms with E-state index in [-0.39, 0.29) is 21.8 Å². The van der Waals surface area contributed by atoms with Gasteiger partial charge in [0, 0.05) is 39.8 Å². The van der Waals surface area contributed by atoms with Crippen LogP contribution in [0.1, 0.15) is 40.5 Å². The van der Waals surface area contributed by atoms with Crippen LogP contribution in [-0.4, -0.2) is 38.6 Å². The molecule has 0 N–H and O–H groups in total. The third-order valence-electron chi connectivity index (χ3n) is 4.18. The van der Waals surface area contributed by atoms with Crippen LogP contribution < -0.4 is 0 Å². The fraction of sp³-hybridized carbons (Fsp3) is 0.923.